The Morgan fingerprint density at radius 2 is 1.76 bits per heavy atom. The molecule has 0 bridgehead atoms. The van der Waals surface area contributed by atoms with Crippen LogP contribution in [0.1, 0.15) is 74.4 Å². The summed E-state index contributed by atoms with van der Waals surface area (Å²) in [7, 11) is -2.56. The fraction of sp³-hybridized carbons (Fsp3) is 0.256. The van der Waals surface area contributed by atoms with Crippen LogP contribution in [0.3, 0.4) is 0 Å². The lowest BCUT2D eigenvalue weighted by Gasteiger charge is -2.27. The number of sulfonamides is 1. The van der Waals surface area contributed by atoms with E-state index in [4.69, 9.17) is 9.73 Å². The summed E-state index contributed by atoms with van der Waals surface area (Å²) in [6.07, 6.45) is 4.33. The fourth-order valence-corrected chi connectivity index (χ4v) is 9.88. The highest BCUT2D eigenvalue weighted by atomic mass is 32.2. The van der Waals surface area contributed by atoms with Gasteiger partial charge in [-0.05, 0) is 80.1 Å². The maximum absolute atomic E-state index is 13.3. The van der Waals surface area contributed by atoms with Crippen LogP contribution in [0.15, 0.2) is 82.8 Å². The van der Waals surface area contributed by atoms with Gasteiger partial charge in [0.15, 0.2) is 5.82 Å². The van der Waals surface area contributed by atoms with Gasteiger partial charge in [-0.15, -0.1) is 21.5 Å². The first-order valence-corrected chi connectivity index (χ1v) is 21.3. The van der Waals surface area contributed by atoms with Gasteiger partial charge in [0.25, 0.3) is 10.0 Å². The lowest BCUT2D eigenvalue weighted by molar-refractivity contribution is -0.141. The molecule has 5 heterocycles. The van der Waals surface area contributed by atoms with Crippen molar-refractivity contribution in [2.75, 3.05) is 24.9 Å². The maximum atomic E-state index is 13.3. The number of aromatic amines is 1. The summed E-state index contributed by atoms with van der Waals surface area (Å²) in [5.74, 6) is 0.953. The summed E-state index contributed by atoms with van der Waals surface area (Å²) >= 11 is 1.66. The van der Waals surface area contributed by atoms with Crippen LogP contribution in [0, 0.1) is 39.0 Å². The number of thiophene rings is 1. The number of nitrogens with zero attached hydrogens (tertiary/aromatic N) is 6. The molecule has 0 saturated carbocycles. The monoisotopic (exact) mass is 827 g/mol. The van der Waals surface area contributed by atoms with Crippen molar-refractivity contribution < 1.29 is 22.7 Å². The van der Waals surface area contributed by atoms with Gasteiger partial charge in [0, 0.05) is 47.2 Å². The Kier molecular flexibility index (Phi) is 10.4. The molecular weight excluding hydrogens is 787 g/mol. The average Bonchev–Trinajstić information content (AvgIpc) is 3.92. The summed E-state index contributed by atoms with van der Waals surface area (Å²) in [6.45, 7) is 9.14. The lowest BCUT2D eigenvalue weighted by Crippen LogP contribution is -2.41. The first-order valence-electron chi connectivity index (χ1n) is 19.0. The lowest BCUT2D eigenvalue weighted by atomic mass is 9.95. The van der Waals surface area contributed by atoms with E-state index in [1.807, 2.05) is 18.4 Å². The van der Waals surface area contributed by atoms with Crippen LogP contribution < -0.4 is 10.0 Å². The van der Waals surface area contributed by atoms with Crippen molar-refractivity contribution in [3.63, 3.8) is 0 Å². The number of amides is 2. The summed E-state index contributed by atoms with van der Waals surface area (Å²) in [4.78, 5) is 36.8. The third kappa shape index (κ3) is 7.39. The van der Waals surface area contributed by atoms with Crippen molar-refractivity contribution in [2.45, 2.75) is 58.0 Å². The largest absolute Gasteiger partial charge is 0.469 e. The highest BCUT2D eigenvalue weighted by Crippen LogP contribution is 2.40. The SMILES string of the molecule is COC(=O)C[C@@H]1N=C(c2ccc(C3=CCN(C(=O)NCc4ccc(S(=O)(=O)Nc5ccc(C)c6c(C#N)c[nH]c56)cc4)CC3)cc2)c2c(sc(C)c2C)-n2c(C)nnc21. The van der Waals surface area contributed by atoms with Crippen molar-refractivity contribution >= 4 is 61.2 Å². The van der Waals surface area contributed by atoms with Gasteiger partial charge in [-0.2, -0.15) is 5.26 Å². The molecule has 8 rings (SSSR count). The van der Waals surface area contributed by atoms with E-state index in [1.165, 1.54) is 19.2 Å². The number of hydrogen-bond acceptors (Lipinski definition) is 10. The zero-order valence-corrected chi connectivity index (χ0v) is 34.7. The highest BCUT2D eigenvalue weighted by Gasteiger charge is 2.33. The van der Waals surface area contributed by atoms with Gasteiger partial charge in [0.1, 0.15) is 22.9 Å². The number of aliphatic imine (C=N–C) groups is 1. The predicted molar refractivity (Wildman–Crippen MR) is 226 cm³/mol. The number of carbonyl (C=O) groups excluding carboxylic acids is 2. The van der Waals surface area contributed by atoms with Gasteiger partial charge in [-0.25, -0.2) is 13.2 Å². The summed E-state index contributed by atoms with van der Waals surface area (Å²) in [5.41, 5.74) is 8.95. The van der Waals surface area contributed by atoms with E-state index in [9.17, 15) is 23.3 Å². The van der Waals surface area contributed by atoms with Crippen molar-refractivity contribution in [3.05, 3.63) is 128 Å². The Morgan fingerprint density at radius 3 is 2.46 bits per heavy atom. The van der Waals surface area contributed by atoms with Crippen molar-refractivity contribution in [3.8, 4) is 11.1 Å². The smallest absolute Gasteiger partial charge is 0.317 e. The van der Waals surface area contributed by atoms with E-state index in [2.05, 4.69) is 75.5 Å². The molecule has 3 aromatic carbocycles. The highest BCUT2D eigenvalue weighted by molar-refractivity contribution is 7.92. The zero-order chi connectivity index (χ0) is 41.6. The number of nitriles is 1. The van der Waals surface area contributed by atoms with Crippen LogP contribution in [-0.2, 0) is 26.1 Å². The van der Waals surface area contributed by atoms with Gasteiger partial charge in [0.05, 0.1) is 40.9 Å². The Labute approximate surface area is 345 Å². The standard InChI is InChI=1S/C43H41N9O5S2/c1-24-6-15-34(40-37(24)32(21-44)23-45-40)50-59(55,56)33-13-7-28(8-14-33)22-46-43(54)51-18-16-30(17-19-51)29-9-11-31(12-10-29)39-38-25(2)26(3)58-42(38)52-27(4)48-49-41(52)35(47-39)20-36(53)57-5/h6-16,23,35,45,50H,17-20,22H2,1-5H3,(H,46,54)/t35-/m0/s1. The molecule has 2 amide bonds. The molecule has 0 radical (unpaired) electrons. The number of ether oxygens (including phenoxy) is 1. The van der Waals surface area contributed by atoms with Crippen LogP contribution in [0.4, 0.5) is 10.5 Å². The van der Waals surface area contributed by atoms with Crippen LogP contribution in [-0.4, -0.2) is 71.0 Å². The number of hydrogen-bond donors (Lipinski definition) is 3. The Hall–Kier alpha value is -6.57. The van der Waals surface area contributed by atoms with E-state index in [0.717, 1.165) is 60.4 Å². The molecule has 0 fully saturated rings. The third-order valence-corrected chi connectivity index (χ3v) is 13.5. The molecule has 3 aromatic heterocycles. The maximum Gasteiger partial charge on any atom is 0.317 e. The third-order valence-electron chi connectivity index (χ3n) is 10.9. The van der Waals surface area contributed by atoms with Gasteiger partial charge in [-0.3, -0.25) is 19.1 Å². The number of aryl methyl sites for hydroxylation is 3. The second-order valence-electron chi connectivity index (χ2n) is 14.6. The molecule has 0 aliphatic carbocycles. The molecule has 6 aromatic rings. The number of fused-ring (bicyclic) bond motifs is 4. The van der Waals surface area contributed by atoms with Gasteiger partial charge < -0.3 is 19.9 Å². The summed E-state index contributed by atoms with van der Waals surface area (Å²) in [6, 6.07) is 19.4. The van der Waals surface area contributed by atoms with E-state index in [1.54, 1.807) is 46.7 Å². The number of benzene rings is 3. The van der Waals surface area contributed by atoms with Crippen LogP contribution in [0.5, 0.6) is 0 Å². The number of nitrogens with one attached hydrogen (secondary N) is 3. The number of esters is 1. The first kappa shape index (κ1) is 39.3. The van der Waals surface area contributed by atoms with Crippen LogP contribution in [0.25, 0.3) is 21.5 Å². The minimum Gasteiger partial charge on any atom is -0.469 e. The fourth-order valence-electron chi connectivity index (χ4n) is 7.60. The van der Waals surface area contributed by atoms with Crippen LogP contribution >= 0.6 is 11.3 Å². The molecule has 1 atom stereocenters. The minimum absolute atomic E-state index is 0.0358. The summed E-state index contributed by atoms with van der Waals surface area (Å²) in [5, 5.41) is 22.8. The van der Waals surface area contributed by atoms with Crippen molar-refractivity contribution in [2.24, 2.45) is 4.99 Å². The molecule has 14 nitrogen and oxygen atoms in total. The molecule has 16 heteroatoms. The molecule has 300 valence electrons. The number of H-pyrrole nitrogens is 1. The number of carbonyl (C=O) groups is 2. The second kappa shape index (κ2) is 15.6. The Balaban J connectivity index is 0.916. The topological polar surface area (TPSA) is 187 Å². The molecule has 0 unspecified atom stereocenters. The second-order valence-corrected chi connectivity index (χ2v) is 17.5. The van der Waals surface area contributed by atoms with E-state index < -0.39 is 16.1 Å². The molecule has 59 heavy (non-hydrogen) atoms. The van der Waals surface area contributed by atoms with Crippen LogP contribution in [0.2, 0.25) is 0 Å². The van der Waals surface area contributed by atoms with Gasteiger partial charge in [0.2, 0.25) is 0 Å². The number of aromatic nitrogens is 4. The molecule has 2 aliphatic heterocycles. The first-order chi connectivity index (χ1) is 28.4. The van der Waals surface area contributed by atoms with E-state index >= 15 is 0 Å². The van der Waals surface area contributed by atoms with E-state index in [0.29, 0.717) is 47.5 Å². The summed E-state index contributed by atoms with van der Waals surface area (Å²) < 4.78 is 36.2. The van der Waals surface area contributed by atoms with Crippen molar-refractivity contribution in [1.29, 1.82) is 5.26 Å². The molecule has 0 saturated heterocycles. The van der Waals surface area contributed by atoms with Crippen molar-refractivity contribution in [1.82, 2.24) is 30.0 Å². The molecule has 2 aliphatic rings. The molecular formula is C43H41N9O5S2. The number of urea groups is 1. The normalized spacial score (nSPS) is 15.1. The average molecular weight is 828 g/mol. The number of methoxy groups -OCH3 is 1. The zero-order valence-electron chi connectivity index (χ0n) is 33.1. The Morgan fingerprint density at radius 1 is 1.02 bits per heavy atom. The molecule has 0 spiro atoms. The molecule has 3 N–H and O–H groups in total. The van der Waals surface area contributed by atoms with E-state index in [-0.39, 0.29) is 29.9 Å². The Bertz CT molecular complexity index is 2860. The number of rotatable bonds is 9. The predicted octanol–water partition coefficient (Wildman–Crippen LogP) is 7.17. The quantitative estimate of drug-likeness (QED) is 0.128. The van der Waals surface area contributed by atoms with Gasteiger partial charge >= 0.3 is 12.0 Å². The number of anilines is 1. The van der Waals surface area contributed by atoms with Gasteiger partial charge in [-0.1, -0.05) is 48.5 Å². The minimum atomic E-state index is -3.93.